The Morgan fingerprint density at radius 2 is 2.05 bits per heavy atom. The van der Waals surface area contributed by atoms with Gasteiger partial charge in [0.25, 0.3) is 0 Å². The van der Waals surface area contributed by atoms with Crippen LogP contribution in [0.1, 0.15) is 27.7 Å². The quantitative estimate of drug-likeness (QED) is 0.884. The minimum atomic E-state index is 0.202. The molecule has 6 heteroatoms. The van der Waals surface area contributed by atoms with E-state index in [9.17, 15) is 0 Å². The summed E-state index contributed by atoms with van der Waals surface area (Å²) in [5, 5.41) is 11.1. The van der Waals surface area contributed by atoms with Gasteiger partial charge in [0, 0.05) is 20.1 Å². The van der Waals surface area contributed by atoms with E-state index in [1.165, 1.54) is 0 Å². The van der Waals surface area contributed by atoms with E-state index >= 15 is 0 Å². The largest absolute Gasteiger partial charge is 0.358 e. The lowest BCUT2D eigenvalue weighted by Gasteiger charge is -2.27. The number of hydrogen-bond acceptors (Lipinski definition) is 5. The van der Waals surface area contributed by atoms with Crippen LogP contribution in [0.25, 0.3) is 11.0 Å². The second-order valence-electron chi connectivity index (χ2n) is 5.95. The molecule has 0 fully saturated rings. The van der Waals surface area contributed by atoms with Gasteiger partial charge in [-0.15, -0.1) is 0 Å². The van der Waals surface area contributed by atoms with Crippen LogP contribution in [0.2, 0.25) is 0 Å². The summed E-state index contributed by atoms with van der Waals surface area (Å²) >= 11 is 0. The summed E-state index contributed by atoms with van der Waals surface area (Å²) in [5.41, 5.74) is 0.968. The third-order valence-corrected chi connectivity index (χ3v) is 2.70. The van der Waals surface area contributed by atoms with Crippen LogP contribution in [0.15, 0.2) is 6.20 Å². The molecule has 6 nitrogen and oxygen atoms in total. The van der Waals surface area contributed by atoms with Crippen molar-refractivity contribution in [1.29, 1.82) is 0 Å². The van der Waals surface area contributed by atoms with Crippen LogP contribution >= 0.6 is 0 Å². The Morgan fingerprint density at radius 1 is 1.32 bits per heavy atom. The van der Waals surface area contributed by atoms with E-state index in [4.69, 9.17) is 0 Å². The number of fused-ring (bicyclic) bond motifs is 1. The zero-order chi connectivity index (χ0) is 14.0. The zero-order valence-corrected chi connectivity index (χ0v) is 12.3. The maximum atomic E-state index is 4.59. The van der Waals surface area contributed by atoms with E-state index in [0.717, 1.165) is 29.9 Å². The molecule has 0 saturated heterocycles. The van der Waals surface area contributed by atoms with Gasteiger partial charge in [-0.25, -0.2) is 0 Å². The maximum absolute atomic E-state index is 4.59. The maximum Gasteiger partial charge on any atom is 0.226 e. The molecule has 0 saturated carbocycles. The second kappa shape index (κ2) is 5.03. The summed E-state index contributed by atoms with van der Waals surface area (Å²) in [4.78, 5) is 11.1. The number of H-pyrrole nitrogens is 1. The van der Waals surface area contributed by atoms with Crippen LogP contribution in [0, 0.1) is 5.41 Å². The van der Waals surface area contributed by atoms with Crippen LogP contribution in [0.5, 0.6) is 0 Å². The zero-order valence-electron chi connectivity index (χ0n) is 12.3. The first-order chi connectivity index (χ1) is 8.90. The van der Waals surface area contributed by atoms with Crippen LogP contribution in [-0.2, 0) is 0 Å². The Labute approximate surface area is 113 Å². The van der Waals surface area contributed by atoms with Crippen LogP contribution in [-0.4, -0.2) is 40.3 Å². The molecule has 0 radical (unpaired) electrons. The molecule has 2 N–H and O–H groups in total. The number of anilines is 2. The van der Waals surface area contributed by atoms with Gasteiger partial charge in [-0.1, -0.05) is 20.8 Å². The normalized spacial score (nSPS) is 11.8. The van der Waals surface area contributed by atoms with E-state index in [0.29, 0.717) is 5.95 Å². The van der Waals surface area contributed by atoms with E-state index in [1.54, 1.807) is 6.20 Å². The number of aromatic nitrogens is 4. The fourth-order valence-electron chi connectivity index (χ4n) is 2.13. The predicted molar refractivity (Wildman–Crippen MR) is 78.6 cm³/mol. The Hall–Kier alpha value is -1.85. The fraction of sp³-hybridized carbons (Fsp3) is 0.615. The van der Waals surface area contributed by atoms with Crippen molar-refractivity contribution in [3.63, 3.8) is 0 Å². The summed E-state index contributed by atoms with van der Waals surface area (Å²) in [5.74, 6) is 1.54. The van der Waals surface area contributed by atoms with Crippen molar-refractivity contribution in [1.82, 2.24) is 20.2 Å². The van der Waals surface area contributed by atoms with Crippen molar-refractivity contribution < 1.29 is 0 Å². The second-order valence-corrected chi connectivity index (χ2v) is 5.95. The molecule has 0 aliphatic rings. The molecule has 0 atom stereocenters. The lowest BCUT2D eigenvalue weighted by atomic mass is 9.96. The third kappa shape index (κ3) is 3.13. The number of nitrogens with zero attached hydrogens (tertiary/aromatic N) is 4. The smallest absolute Gasteiger partial charge is 0.226 e. The highest BCUT2D eigenvalue weighted by atomic mass is 15.2. The van der Waals surface area contributed by atoms with Crippen molar-refractivity contribution in [2.75, 3.05) is 30.4 Å². The highest BCUT2D eigenvalue weighted by Crippen LogP contribution is 2.25. The molecule has 2 aromatic rings. The number of hydrogen-bond donors (Lipinski definition) is 2. The van der Waals surface area contributed by atoms with Gasteiger partial charge in [0.2, 0.25) is 5.95 Å². The lowest BCUT2D eigenvalue weighted by molar-refractivity contribution is 0.418. The van der Waals surface area contributed by atoms with E-state index in [1.807, 2.05) is 6.92 Å². The average Bonchev–Trinajstić information content (AvgIpc) is 2.73. The van der Waals surface area contributed by atoms with Gasteiger partial charge in [-0.05, 0) is 12.3 Å². The Bertz CT molecular complexity index is 554. The number of rotatable bonds is 4. The molecule has 19 heavy (non-hydrogen) atoms. The molecule has 0 aromatic carbocycles. The van der Waals surface area contributed by atoms with E-state index in [-0.39, 0.29) is 5.41 Å². The van der Waals surface area contributed by atoms with Crippen molar-refractivity contribution in [2.45, 2.75) is 27.7 Å². The lowest BCUT2D eigenvalue weighted by Crippen LogP contribution is -2.30. The van der Waals surface area contributed by atoms with Gasteiger partial charge in [0.1, 0.15) is 5.82 Å². The first kappa shape index (κ1) is 13.6. The number of aromatic amines is 1. The van der Waals surface area contributed by atoms with Gasteiger partial charge in [0.15, 0.2) is 5.65 Å². The highest BCUT2D eigenvalue weighted by molar-refractivity contribution is 5.87. The van der Waals surface area contributed by atoms with E-state index < -0.39 is 0 Å². The average molecular weight is 262 g/mol. The molecule has 2 rings (SSSR count). The molecule has 2 aromatic heterocycles. The Morgan fingerprint density at radius 3 is 2.68 bits per heavy atom. The topological polar surface area (TPSA) is 69.7 Å². The van der Waals surface area contributed by atoms with Crippen LogP contribution in [0.3, 0.4) is 0 Å². The molecular formula is C13H22N6. The summed E-state index contributed by atoms with van der Waals surface area (Å²) in [6, 6.07) is 0. The molecule has 0 bridgehead atoms. The Kier molecular flexibility index (Phi) is 3.59. The molecule has 0 amide bonds. The minimum absolute atomic E-state index is 0.202. The molecule has 104 valence electrons. The molecule has 0 unspecified atom stereocenters. The van der Waals surface area contributed by atoms with Crippen molar-refractivity contribution >= 4 is 22.8 Å². The van der Waals surface area contributed by atoms with Crippen LogP contribution < -0.4 is 10.2 Å². The molecule has 2 heterocycles. The summed E-state index contributed by atoms with van der Waals surface area (Å²) in [7, 11) is 2.05. The Balaban J connectivity index is 2.42. The molecular weight excluding hydrogens is 240 g/mol. The third-order valence-electron chi connectivity index (χ3n) is 2.70. The fourth-order valence-corrected chi connectivity index (χ4v) is 2.13. The van der Waals surface area contributed by atoms with Gasteiger partial charge in [-0.2, -0.15) is 15.1 Å². The highest BCUT2D eigenvalue weighted by Gasteiger charge is 2.18. The van der Waals surface area contributed by atoms with Crippen molar-refractivity contribution in [3.05, 3.63) is 6.20 Å². The van der Waals surface area contributed by atoms with Gasteiger partial charge < -0.3 is 10.2 Å². The van der Waals surface area contributed by atoms with Gasteiger partial charge >= 0.3 is 0 Å². The van der Waals surface area contributed by atoms with Crippen molar-refractivity contribution in [3.8, 4) is 0 Å². The minimum Gasteiger partial charge on any atom is -0.358 e. The SMILES string of the molecule is CCNc1nc(N(C)CC(C)(C)C)c2cn[nH]c2n1. The van der Waals surface area contributed by atoms with Crippen LogP contribution in [0.4, 0.5) is 11.8 Å². The van der Waals surface area contributed by atoms with Gasteiger partial charge in [0.05, 0.1) is 11.6 Å². The van der Waals surface area contributed by atoms with E-state index in [2.05, 4.69) is 58.2 Å². The molecule has 0 aliphatic heterocycles. The predicted octanol–water partition coefficient (Wildman–Crippen LogP) is 2.27. The van der Waals surface area contributed by atoms with Crippen molar-refractivity contribution in [2.24, 2.45) is 5.41 Å². The number of nitrogens with one attached hydrogen (secondary N) is 2. The molecule has 0 spiro atoms. The summed E-state index contributed by atoms with van der Waals surface area (Å²) in [6.07, 6.45) is 1.78. The first-order valence-electron chi connectivity index (χ1n) is 6.57. The monoisotopic (exact) mass is 262 g/mol. The first-order valence-corrected chi connectivity index (χ1v) is 6.57. The summed E-state index contributed by atoms with van der Waals surface area (Å²) in [6.45, 7) is 10.4. The van der Waals surface area contributed by atoms with Gasteiger partial charge in [-0.3, -0.25) is 5.10 Å². The molecule has 0 aliphatic carbocycles. The standard InChI is InChI=1S/C13H22N6/c1-6-14-12-16-10-9(7-15-18-10)11(17-12)19(5)8-13(2,3)4/h7H,6,8H2,1-5H3,(H2,14,15,16,17,18). The summed E-state index contributed by atoms with van der Waals surface area (Å²) < 4.78 is 0.